The van der Waals surface area contributed by atoms with Gasteiger partial charge < -0.3 is 15.8 Å². The maximum absolute atomic E-state index is 13.3. The van der Waals surface area contributed by atoms with Crippen molar-refractivity contribution in [3.8, 4) is 0 Å². The fourth-order valence-corrected chi connectivity index (χ4v) is 3.92. The average molecular weight is 400 g/mol. The van der Waals surface area contributed by atoms with Gasteiger partial charge in [0.15, 0.2) is 0 Å². The molecule has 8 heteroatoms. The molecule has 3 rings (SSSR count). The molecule has 1 fully saturated rings. The Kier molecular flexibility index (Phi) is 7.52. The van der Waals surface area contributed by atoms with Crippen molar-refractivity contribution >= 4 is 29.7 Å². The molecule has 1 aromatic heterocycles. The molecule has 5 nitrogen and oxygen atoms in total. The SMILES string of the molecule is Cl.NCCc1nc(C(=O)NCC2(c3ccc(F)cc3)CCOCC2)cs1. The van der Waals surface area contributed by atoms with Crippen molar-refractivity contribution in [2.24, 2.45) is 5.73 Å². The van der Waals surface area contributed by atoms with Gasteiger partial charge in [-0.1, -0.05) is 12.1 Å². The molecule has 0 spiro atoms. The maximum atomic E-state index is 13.3. The topological polar surface area (TPSA) is 77.2 Å². The van der Waals surface area contributed by atoms with Crippen LogP contribution in [0.4, 0.5) is 4.39 Å². The van der Waals surface area contributed by atoms with Crippen LogP contribution >= 0.6 is 23.7 Å². The van der Waals surface area contributed by atoms with Gasteiger partial charge in [-0.2, -0.15) is 0 Å². The van der Waals surface area contributed by atoms with Gasteiger partial charge >= 0.3 is 0 Å². The van der Waals surface area contributed by atoms with Crippen molar-refractivity contribution in [1.82, 2.24) is 10.3 Å². The molecule has 142 valence electrons. The van der Waals surface area contributed by atoms with Gasteiger partial charge in [0, 0.05) is 37.0 Å². The van der Waals surface area contributed by atoms with E-state index in [0.29, 0.717) is 38.4 Å². The van der Waals surface area contributed by atoms with Crippen LogP contribution in [0, 0.1) is 5.82 Å². The number of carbonyl (C=O) groups excluding carboxylic acids is 1. The Morgan fingerprint density at radius 2 is 2.00 bits per heavy atom. The second kappa shape index (κ2) is 9.41. The first-order valence-corrected chi connectivity index (χ1v) is 9.27. The largest absolute Gasteiger partial charge is 0.381 e. The minimum absolute atomic E-state index is 0. The van der Waals surface area contributed by atoms with Gasteiger partial charge in [-0.05, 0) is 37.1 Å². The molecule has 1 aliphatic heterocycles. The van der Waals surface area contributed by atoms with Gasteiger partial charge in [0.2, 0.25) is 0 Å². The highest BCUT2D eigenvalue weighted by atomic mass is 35.5. The molecular weight excluding hydrogens is 377 g/mol. The Morgan fingerprint density at radius 1 is 1.31 bits per heavy atom. The number of benzene rings is 1. The second-order valence-electron chi connectivity index (χ2n) is 6.25. The Morgan fingerprint density at radius 3 is 2.65 bits per heavy atom. The van der Waals surface area contributed by atoms with Crippen molar-refractivity contribution in [3.63, 3.8) is 0 Å². The molecule has 1 aromatic carbocycles. The lowest BCUT2D eigenvalue weighted by Crippen LogP contribution is -2.44. The number of hydrogen-bond donors (Lipinski definition) is 2. The Labute approximate surface area is 162 Å². The quantitative estimate of drug-likeness (QED) is 0.782. The molecular formula is C18H23ClFN3O2S. The average Bonchev–Trinajstić information content (AvgIpc) is 3.10. The molecule has 3 N–H and O–H groups in total. The first kappa shape index (κ1) is 20.8. The van der Waals surface area contributed by atoms with Crippen molar-refractivity contribution < 1.29 is 13.9 Å². The zero-order valence-electron chi connectivity index (χ0n) is 14.4. The Hall–Kier alpha value is -1.54. The number of aromatic nitrogens is 1. The molecule has 2 aromatic rings. The number of nitrogens with zero attached hydrogens (tertiary/aromatic N) is 1. The van der Waals surface area contributed by atoms with Gasteiger partial charge in [-0.25, -0.2) is 9.37 Å². The predicted molar refractivity (Wildman–Crippen MR) is 103 cm³/mol. The van der Waals surface area contributed by atoms with Crippen LogP contribution in [-0.4, -0.2) is 37.2 Å². The van der Waals surface area contributed by atoms with E-state index >= 15 is 0 Å². The number of rotatable bonds is 6. The number of nitrogens with one attached hydrogen (secondary N) is 1. The van der Waals surface area contributed by atoms with E-state index in [4.69, 9.17) is 10.5 Å². The molecule has 0 radical (unpaired) electrons. The lowest BCUT2D eigenvalue weighted by atomic mass is 9.74. The summed E-state index contributed by atoms with van der Waals surface area (Å²) in [7, 11) is 0. The van der Waals surface area contributed by atoms with E-state index in [2.05, 4.69) is 10.3 Å². The van der Waals surface area contributed by atoms with E-state index < -0.39 is 0 Å². The summed E-state index contributed by atoms with van der Waals surface area (Å²) in [6.07, 6.45) is 2.25. The molecule has 0 unspecified atom stereocenters. The number of carbonyl (C=O) groups is 1. The summed E-state index contributed by atoms with van der Waals surface area (Å²) in [5, 5.41) is 5.63. The van der Waals surface area contributed by atoms with Gasteiger partial charge in [0.05, 0.1) is 5.01 Å². The van der Waals surface area contributed by atoms with Gasteiger partial charge in [0.25, 0.3) is 5.91 Å². The lowest BCUT2D eigenvalue weighted by molar-refractivity contribution is 0.0486. The summed E-state index contributed by atoms with van der Waals surface area (Å²) in [5.41, 5.74) is 6.74. The Bertz CT molecular complexity index is 717. The van der Waals surface area contributed by atoms with Gasteiger partial charge in [0.1, 0.15) is 11.5 Å². The normalized spacial score (nSPS) is 15.9. The van der Waals surface area contributed by atoms with E-state index in [0.717, 1.165) is 23.4 Å². The summed E-state index contributed by atoms with van der Waals surface area (Å²) in [5.74, 6) is -0.447. The first-order chi connectivity index (χ1) is 12.1. The molecule has 1 aliphatic rings. The molecule has 1 saturated heterocycles. The monoisotopic (exact) mass is 399 g/mol. The highest BCUT2D eigenvalue weighted by Gasteiger charge is 2.35. The summed E-state index contributed by atoms with van der Waals surface area (Å²) >= 11 is 1.45. The number of thiazole rings is 1. The van der Waals surface area contributed by atoms with Crippen LogP contribution in [0.1, 0.15) is 33.9 Å². The van der Waals surface area contributed by atoms with Crippen molar-refractivity contribution in [2.45, 2.75) is 24.7 Å². The first-order valence-electron chi connectivity index (χ1n) is 8.39. The standard InChI is InChI=1S/C18H22FN3O2S.ClH/c19-14-3-1-13(2-4-14)18(6-9-24-10-7-18)12-21-17(23)15-11-25-16(22-15)5-8-20;/h1-4,11H,5-10,12,20H2,(H,21,23);1H. The molecule has 0 atom stereocenters. The van der Waals surface area contributed by atoms with Gasteiger partial charge in [-0.15, -0.1) is 23.7 Å². The molecule has 2 heterocycles. The summed E-state index contributed by atoms with van der Waals surface area (Å²) < 4.78 is 18.8. The predicted octanol–water partition coefficient (Wildman–Crippen LogP) is 2.68. The van der Waals surface area contributed by atoms with E-state index in [1.165, 1.54) is 23.5 Å². The van der Waals surface area contributed by atoms with Crippen LogP contribution in [0.5, 0.6) is 0 Å². The van der Waals surface area contributed by atoms with E-state index in [1.54, 1.807) is 17.5 Å². The number of nitrogens with two attached hydrogens (primary N) is 1. The number of halogens is 2. The highest BCUT2D eigenvalue weighted by molar-refractivity contribution is 7.09. The number of hydrogen-bond acceptors (Lipinski definition) is 5. The smallest absolute Gasteiger partial charge is 0.270 e. The fraction of sp³-hybridized carbons (Fsp3) is 0.444. The lowest BCUT2D eigenvalue weighted by Gasteiger charge is -2.37. The fourth-order valence-electron chi connectivity index (χ4n) is 3.13. The molecule has 0 aliphatic carbocycles. The van der Waals surface area contributed by atoms with Crippen LogP contribution in [-0.2, 0) is 16.6 Å². The maximum Gasteiger partial charge on any atom is 0.270 e. The molecule has 1 amide bonds. The van der Waals surface area contributed by atoms with E-state index in [-0.39, 0.29) is 29.5 Å². The molecule has 0 bridgehead atoms. The second-order valence-corrected chi connectivity index (χ2v) is 7.19. The zero-order chi connectivity index (χ0) is 17.7. The molecule has 26 heavy (non-hydrogen) atoms. The van der Waals surface area contributed by atoms with Crippen LogP contribution in [0.15, 0.2) is 29.6 Å². The summed E-state index contributed by atoms with van der Waals surface area (Å²) in [6.45, 7) is 2.25. The van der Waals surface area contributed by atoms with Crippen molar-refractivity contribution in [3.05, 3.63) is 51.7 Å². The molecule has 0 saturated carbocycles. The third-order valence-electron chi connectivity index (χ3n) is 4.64. The minimum Gasteiger partial charge on any atom is -0.381 e. The van der Waals surface area contributed by atoms with Crippen molar-refractivity contribution in [2.75, 3.05) is 26.3 Å². The van der Waals surface area contributed by atoms with Crippen LogP contribution < -0.4 is 11.1 Å². The summed E-state index contributed by atoms with van der Waals surface area (Å²) in [6, 6.07) is 6.53. The third kappa shape index (κ3) is 4.79. The Balaban J connectivity index is 0.00000243. The van der Waals surface area contributed by atoms with Crippen LogP contribution in [0.25, 0.3) is 0 Å². The highest BCUT2D eigenvalue weighted by Crippen LogP contribution is 2.34. The number of ether oxygens (including phenoxy) is 1. The third-order valence-corrected chi connectivity index (χ3v) is 5.55. The van der Waals surface area contributed by atoms with Crippen LogP contribution in [0.3, 0.4) is 0 Å². The van der Waals surface area contributed by atoms with E-state index in [1.807, 2.05) is 0 Å². The van der Waals surface area contributed by atoms with Gasteiger partial charge in [-0.3, -0.25) is 4.79 Å². The zero-order valence-corrected chi connectivity index (χ0v) is 16.0. The minimum atomic E-state index is -0.259. The summed E-state index contributed by atoms with van der Waals surface area (Å²) in [4.78, 5) is 16.8. The van der Waals surface area contributed by atoms with Crippen molar-refractivity contribution in [1.29, 1.82) is 0 Å². The van der Waals surface area contributed by atoms with Crippen LogP contribution in [0.2, 0.25) is 0 Å². The number of amides is 1. The van der Waals surface area contributed by atoms with E-state index in [9.17, 15) is 9.18 Å².